The highest BCUT2D eigenvalue weighted by molar-refractivity contribution is 5.93. The monoisotopic (exact) mass is 301 g/mol. The van der Waals surface area contributed by atoms with E-state index < -0.39 is 0 Å². The molecule has 0 fully saturated rings. The summed E-state index contributed by atoms with van der Waals surface area (Å²) in [5.41, 5.74) is 3.66. The number of H-pyrrole nitrogens is 2. The molecule has 110 valence electrons. The van der Waals surface area contributed by atoms with E-state index in [0.29, 0.717) is 5.95 Å². The smallest absolute Gasteiger partial charge is 0.234 e. The zero-order chi connectivity index (χ0) is 15.2. The summed E-state index contributed by atoms with van der Waals surface area (Å²) in [6.45, 7) is 0. The third-order valence-corrected chi connectivity index (χ3v) is 3.79. The molecule has 0 radical (unpaired) electrons. The predicted octanol–water partition coefficient (Wildman–Crippen LogP) is 2.69. The number of aromatic amines is 2. The molecule has 0 spiro atoms. The molecule has 0 amide bonds. The maximum atomic E-state index is 4.70. The minimum absolute atomic E-state index is 0.614. The standard InChI is InChI=1S/C16H11N7/c1-3-14(23(6-1)16-17-4-2-5-18-16)15-20-12-7-10-9-19-22-11(10)8-13(12)21-15/h1-9H,(H,19,22)(H,20,21). The Labute approximate surface area is 130 Å². The number of nitrogens with zero attached hydrogens (tertiary/aromatic N) is 5. The minimum atomic E-state index is 0.614. The predicted molar refractivity (Wildman–Crippen MR) is 86.1 cm³/mol. The summed E-state index contributed by atoms with van der Waals surface area (Å²) in [4.78, 5) is 16.6. The van der Waals surface area contributed by atoms with Crippen molar-refractivity contribution in [1.29, 1.82) is 0 Å². The molecule has 4 heterocycles. The first-order valence-corrected chi connectivity index (χ1v) is 7.17. The van der Waals surface area contributed by atoms with Crippen LogP contribution in [0.15, 0.2) is 55.1 Å². The van der Waals surface area contributed by atoms with Gasteiger partial charge in [-0.25, -0.2) is 15.0 Å². The number of imidazole rings is 1. The largest absolute Gasteiger partial charge is 0.337 e. The van der Waals surface area contributed by atoms with Crippen molar-refractivity contribution in [3.63, 3.8) is 0 Å². The van der Waals surface area contributed by atoms with Crippen LogP contribution in [0.2, 0.25) is 0 Å². The SMILES string of the molecule is c1cnc(-n2cccc2-c2nc3cc4c[nH]nc4cc3[nH]2)nc1. The van der Waals surface area contributed by atoms with Gasteiger partial charge in [0.05, 0.1) is 22.2 Å². The maximum Gasteiger partial charge on any atom is 0.234 e. The number of benzene rings is 1. The molecule has 4 aromatic heterocycles. The zero-order valence-corrected chi connectivity index (χ0v) is 11.9. The zero-order valence-electron chi connectivity index (χ0n) is 11.9. The van der Waals surface area contributed by atoms with Crippen LogP contribution in [-0.2, 0) is 0 Å². The van der Waals surface area contributed by atoms with Crippen molar-refractivity contribution in [2.45, 2.75) is 0 Å². The van der Waals surface area contributed by atoms with Gasteiger partial charge < -0.3 is 4.98 Å². The quantitative estimate of drug-likeness (QED) is 0.524. The van der Waals surface area contributed by atoms with E-state index in [1.807, 2.05) is 41.2 Å². The Morgan fingerprint density at radius 1 is 1.00 bits per heavy atom. The van der Waals surface area contributed by atoms with Gasteiger partial charge in [-0.15, -0.1) is 0 Å². The lowest BCUT2D eigenvalue weighted by Crippen LogP contribution is -2.00. The fourth-order valence-electron chi connectivity index (χ4n) is 2.73. The van der Waals surface area contributed by atoms with Crippen molar-refractivity contribution in [3.8, 4) is 17.5 Å². The maximum absolute atomic E-state index is 4.70. The first-order valence-electron chi connectivity index (χ1n) is 7.17. The Balaban J connectivity index is 1.70. The van der Waals surface area contributed by atoms with Gasteiger partial charge in [0.2, 0.25) is 5.95 Å². The fourth-order valence-corrected chi connectivity index (χ4v) is 2.73. The Bertz CT molecular complexity index is 1070. The average molecular weight is 301 g/mol. The van der Waals surface area contributed by atoms with Crippen LogP contribution in [0.5, 0.6) is 0 Å². The summed E-state index contributed by atoms with van der Waals surface area (Å²) in [6, 6.07) is 9.74. The summed E-state index contributed by atoms with van der Waals surface area (Å²) >= 11 is 0. The van der Waals surface area contributed by atoms with E-state index in [9.17, 15) is 0 Å². The van der Waals surface area contributed by atoms with Crippen LogP contribution in [0.4, 0.5) is 0 Å². The van der Waals surface area contributed by atoms with Crippen LogP contribution in [-0.4, -0.2) is 34.7 Å². The van der Waals surface area contributed by atoms with E-state index in [1.54, 1.807) is 18.5 Å². The first-order chi connectivity index (χ1) is 11.4. The van der Waals surface area contributed by atoms with Gasteiger partial charge in [-0.05, 0) is 30.3 Å². The Morgan fingerprint density at radius 3 is 2.83 bits per heavy atom. The van der Waals surface area contributed by atoms with Crippen LogP contribution < -0.4 is 0 Å². The summed E-state index contributed by atoms with van der Waals surface area (Å²) in [6.07, 6.45) is 7.23. The summed E-state index contributed by atoms with van der Waals surface area (Å²) < 4.78 is 1.91. The highest BCUT2D eigenvalue weighted by atomic mass is 15.2. The van der Waals surface area contributed by atoms with Gasteiger partial charge in [0.15, 0.2) is 5.82 Å². The third-order valence-electron chi connectivity index (χ3n) is 3.79. The topological polar surface area (TPSA) is 88.1 Å². The van der Waals surface area contributed by atoms with Gasteiger partial charge in [-0.2, -0.15) is 5.10 Å². The lowest BCUT2D eigenvalue weighted by molar-refractivity contribution is 0.935. The number of hydrogen-bond donors (Lipinski definition) is 2. The molecule has 0 saturated heterocycles. The summed E-state index contributed by atoms with van der Waals surface area (Å²) in [7, 11) is 0. The van der Waals surface area contributed by atoms with Crippen LogP contribution in [0.3, 0.4) is 0 Å². The molecule has 23 heavy (non-hydrogen) atoms. The molecule has 5 rings (SSSR count). The second-order valence-electron chi connectivity index (χ2n) is 5.21. The molecular formula is C16H11N7. The van der Waals surface area contributed by atoms with Crippen molar-refractivity contribution < 1.29 is 0 Å². The van der Waals surface area contributed by atoms with Crippen molar-refractivity contribution in [2.24, 2.45) is 0 Å². The lowest BCUT2D eigenvalue weighted by Gasteiger charge is -2.04. The number of rotatable bonds is 2. The van der Waals surface area contributed by atoms with Gasteiger partial charge >= 0.3 is 0 Å². The molecule has 0 aliphatic carbocycles. The van der Waals surface area contributed by atoms with Gasteiger partial charge in [0, 0.05) is 30.2 Å². The molecule has 0 unspecified atom stereocenters. The van der Waals surface area contributed by atoms with Gasteiger partial charge in [-0.3, -0.25) is 9.67 Å². The molecule has 0 saturated carbocycles. The Morgan fingerprint density at radius 2 is 1.91 bits per heavy atom. The van der Waals surface area contributed by atoms with Crippen molar-refractivity contribution in [2.75, 3.05) is 0 Å². The number of aromatic nitrogens is 7. The van der Waals surface area contributed by atoms with E-state index in [-0.39, 0.29) is 0 Å². The molecule has 7 heteroatoms. The van der Waals surface area contributed by atoms with Gasteiger partial charge in [0.25, 0.3) is 0 Å². The van der Waals surface area contributed by atoms with E-state index in [4.69, 9.17) is 4.98 Å². The normalized spacial score (nSPS) is 11.5. The molecule has 0 atom stereocenters. The third kappa shape index (κ3) is 1.83. The van der Waals surface area contributed by atoms with Crippen LogP contribution >= 0.6 is 0 Å². The van der Waals surface area contributed by atoms with Crippen LogP contribution in [0.1, 0.15) is 0 Å². The molecule has 1 aromatic carbocycles. The Kier molecular flexibility index (Phi) is 2.37. The van der Waals surface area contributed by atoms with E-state index >= 15 is 0 Å². The number of fused-ring (bicyclic) bond motifs is 2. The second-order valence-corrected chi connectivity index (χ2v) is 5.21. The highest BCUT2D eigenvalue weighted by Crippen LogP contribution is 2.25. The molecule has 5 aromatic rings. The van der Waals surface area contributed by atoms with Crippen molar-refractivity contribution >= 4 is 21.9 Å². The first kappa shape index (κ1) is 12.1. The van der Waals surface area contributed by atoms with Gasteiger partial charge in [0.1, 0.15) is 0 Å². The highest BCUT2D eigenvalue weighted by Gasteiger charge is 2.12. The molecule has 0 aliphatic heterocycles. The molecule has 0 aliphatic rings. The Hall–Kier alpha value is -3.48. The van der Waals surface area contributed by atoms with E-state index in [2.05, 4.69) is 25.1 Å². The lowest BCUT2D eigenvalue weighted by atomic mass is 10.2. The fraction of sp³-hybridized carbons (Fsp3) is 0. The molecule has 7 nitrogen and oxygen atoms in total. The minimum Gasteiger partial charge on any atom is -0.337 e. The van der Waals surface area contributed by atoms with Crippen LogP contribution in [0.25, 0.3) is 39.4 Å². The molecule has 2 N–H and O–H groups in total. The average Bonchev–Trinajstić information content (AvgIpc) is 3.31. The van der Waals surface area contributed by atoms with E-state index in [0.717, 1.165) is 33.5 Å². The molecule has 0 bridgehead atoms. The van der Waals surface area contributed by atoms with Crippen LogP contribution in [0, 0.1) is 0 Å². The number of nitrogens with one attached hydrogen (secondary N) is 2. The van der Waals surface area contributed by atoms with Crippen molar-refractivity contribution in [3.05, 3.63) is 55.1 Å². The summed E-state index contributed by atoms with van der Waals surface area (Å²) in [5.74, 6) is 1.39. The molecular weight excluding hydrogens is 290 g/mol. The van der Waals surface area contributed by atoms with Gasteiger partial charge in [-0.1, -0.05) is 0 Å². The van der Waals surface area contributed by atoms with E-state index in [1.165, 1.54) is 0 Å². The second kappa shape index (κ2) is 4.51. The number of hydrogen-bond acceptors (Lipinski definition) is 4. The van der Waals surface area contributed by atoms with Crippen molar-refractivity contribution in [1.82, 2.24) is 34.7 Å². The summed E-state index contributed by atoms with van der Waals surface area (Å²) in [5, 5.41) is 8.11.